The lowest BCUT2D eigenvalue weighted by Crippen LogP contribution is -2.32. The lowest BCUT2D eigenvalue weighted by atomic mass is 10.2. The molecule has 136 valence electrons. The van der Waals surface area contributed by atoms with E-state index in [1.165, 1.54) is 0 Å². The van der Waals surface area contributed by atoms with Crippen molar-refractivity contribution in [3.05, 3.63) is 51.3 Å². The van der Waals surface area contributed by atoms with Crippen molar-refractivity contribution in [2.75, 3.05) is 18.8 Å². The molecular weight excluding hydrogens is 426 g/mol. The van der Waals surface area contributed by atoms with Crippen LogP contribution >= 0.6 is 27.5 Å². The van der Waals surface area contributed by atoms with Gasteiger partial charge >= 0.3 is 0 Å². The summed E-state index contributed by atoms with van der Waals surface area (Å²) in [5, 5.41) is 13.2. The molecule has 0 radical (unpaired) electrons. The number of carbonyl (C=O) groups excluding carboxylic acids is 1. The Kier molecular flexibility index (Phi) is 5.92. The maximum atomic E-state index is 11.8. The summed E-state index contributed by atoms with van der Waals surface area (Å²) < 4.78 is 11.1. The van der Waals surface area contributed by atoms with Crippen LogP contribution in [0.3, 0.4) is 0 Å². The van der Waals surface area contributed by atoms with Crippen LogP contribution in [-0.4, -0.2) is 29.3 Å². The molecule has 1 amide bonds. The van der Waals surface area contributed by atoms with Gasteiger partial charge in [0.1, 0.15) is 11.5 Å². The maximum Gasteiger partial charge on any atom is 0.277 e. The SMILES string of the molecule is Nc1nonc1C(=O)NCCNCc1ccc(-c2ccc(Br)cc2Cl)o1. The topological polar surface area (TPSA) is 119 Å². The number of nitrogens with two attached hydrogens (primary N) is 1. The first-order chi connectivity index (χ1) is 12.5. The number of amides is 1. The minimum Gasteiger partial charge on any atom is -0.460 e. The minimum atomic E-state index is -0.435. The normalized spacial score (nSPS) is 10.8. The third-order valence-corrected chi connectivity index (χ3v) is 4.28. The summed E-state index contributed by atoms with van der Waals surface area (Å²) in [6.45, 7) is 1.43. The van der Waals surface area contributed by atoms with Gasteiger partial charge in [0.2, 0.25) is 11.5 Å². The van der Waals surface area contributed by atoms with E-state index in [4.69, 9.17) is 21.8 Å². The van der Waals surface area contributed by atoms with Gasteiger partial charge in [0, 0.05) is 23.1 Å². The number of anilines is 1. The molecule has 2 aromatic heterocycles. The number of nitrogens with zero attached hydrogens (tertiary/aromatic N) is 2. The molecule has 3 aromatic rings. The Bertz CT molecular complexity index is 911. The van der Waals surface area contributed by atoms with Crippen LogP contribution < -0.4 is 16.4 Å². The summed E-state index contributed by atoms with van der Waals surface area (Å²) in [6.07, 6.45) is 0. The van der Waals surface area contributed by atoms with Crippen molar-refractivity contribution in [2.24, 2.45) is 0 Å². The average Bonchev–Trinajstić information content (AvgIpc) is 3.23. The third-order valence-electron chi connectivity index (χ3n) is 3.47. The molecule has 0 bridgehead atoms. The Morgan fingerprint density at radius 3 is 2.81 bits per heavy atom. The molecule has 1 aromatic carbocycles. The largest absolute Gasteiger partial charge is 0.460 e. The lowest BCUT2D eigenvalue weighted by molar-refractivity contribution is 0.0944. The van der Waals surface area contributed by atoms with Crippen LogP contribution in [0.4, 0.5) is 5.82 Å². The van der Waals surface area contributed by atoms with Gasteiger partial charge in [0.25, 0.3) is 5.91 Å². The zero-order valence-electron chi connectivity index (χ0n) is 13.5. The number of hydrogen-bond donors (Lipinski definition) is 3. The number of aromatic nitrogens is 2. The van der Waals surface area contributed by atoms with Crippen LogP contribution in [0.15, 0.2) is 43.9 Å². The third kappa shape index (κ3) is 4.43. The summed E-state index contributed by atoms with van der Waals surface area (Å²) in [5.41, 5.74) is 6.25. The molecule has 2 heterocycles. The summed E-state index contributed by atoms with van der Waals surface area (Å²) in [4.78, 5) is 11.8. The molecule has 8 nitrogen and oxygen atoms in total. The molecular formula is C16H15BrClN5O3. The van der Waals surface area contributed by atoms with E-state index in [1.54, 1.807) is 0 Å². The van der Waals surface area contributed by atoms with Crippen molar-refractivity contribution < 1.29 is 13.8 Å². The fourth-order valence-electron chi connectivity index (χ4n) is 2.22. The smallest absolute Gasteiger partial charge is 0.277 e. The van der Waals surface area contributed by atoms with Crippen molar-refractivity contribution in [2.45, 2.75) is 6.54 Å². The Morgan fingerprint density at radius 1 is 1.23 bits per heavy atom. The predicted molar refractivity (Wildman–Crippen MR) is 99.6 cm³/mol. The molecule has 3 rings (SSSR count). The number of rotatable bonds is 7. The molecule has 0 aliphatic carbocycles. The molecule has 0 saturated heterocycles. The van der Waals surface area contributed by atoms with Gasteiger partial charge in [-0.05, 0) is 40.6 Å². The molecule has 0 saturated carbocycles. The van der Waals surface area contributed by atoms with Gasteiger partial charge in [0.05, 0.1) is 11.6 Å². The first-order valence-corrected chi connectivity index (χ1v) is 8.83. The van der Waals surface area contributed by atoms with E-state index in [0.717, 1.165) is 15.8 Å². The molecule has 0 aliphatic heterocycles. The fourth-order valence-corrected chi connectivity index (χ4v) is 2.99. The first kappa shape index (κ1) is 18.4. The number of nitrogens with one attached hydrogen (secondary N) is 2. The molecule has 4 N–H and O–H groups in total. The van der Waals surface area contributed by atoms with Crippen molar-refractivity contribution >= 4 is 39.3 Å². The first-order valence-electron chi connectivity index (χ1n) is 7.65. The number of furan rings is 1. The molecule has 0 fully saturated rings. The van der Waals surface area contributed by atoms with Crippen molar-refractivity contribution in [3.63, 3.8) is 0 Å². The van der Waals surface area contributed by atoms with E-state index < -0.39 is 5.91 Å². The van der Waals surface area contributed by atoms with Gasteiger partial charge in [0.15, 0.2) is 0 Å². The average molecular weight is 441 g/mol. The van der Waals surface area contributed by atoms with E-state index in [9.17, 15) is 4.79 Å². The molecule has 0 spiro atoms. The standard InChI is InChI=1S/C16H15BrClN5O3/c17-9-1-3-11(12(18)7-9)13-4-2-10(25-13)8-20-5-6-21-16(24)14-15(19)23-26-22-14/h1-4,7,20H,5-6,8H2,(H2,19,23)(H,21,24). The van der Waals surface area contributed by atoms with Gasteiger partial charge in [-0.2, -0.15) is 0 Å². The number of benzene rings is 1. The fraction of sp³-hybridized carbons (Fsp3) is 0.188. The Morgan fingerprint density at radius 2 is 2.08 bits per heavy atom. The zero-order valence-corrected chi connectivity index (χ0v) is 15.8. The maximum absolute atomic E-state index is 11.8. The quantitative estimate of drug-likeness (QED) is 0.483. The highest BCUT2D eigenvalue weighted by atomic mass is 79.9. The Labute approximate surface area is 162 Å². The second-order valence-electron chi connectivity index (χ2n) is 5.32. The lowest BCUT2D eigenvalue weighted by Gasteiger charge is -2.05. The van der Waals surface area contributed by atoms with Gasteiger partial charge in [-0.1, -0.05) is 27.5 Å². The van der Waals surface area contributed by atoms with E-state index in [1.807, 2.05) is 30.3 Å². The molecule has 10 heteroatoms. The van der Waals surface area contributed by atoms with E-state index in [0.29, 0.717) is 30.4 Å². The highest BCUT2D eigenvalue weighted by molar-refractivity contribution is 9.10. The van der Waals surface area contributed by atoms with Crippen LogP contribution in [0.5, 0.6) is 0 Å². The van der Waals surface area contributed by atoms with E-state index in [2.05, 4.69) is 41.5 Å². The van der Waals surface area contributed by atoms with E-state index in [-0.39, 0.29) is 11.5 Å². The van der Waals surface area contributed by atoms with Gasteiger partial charge in [-0.15, -0.1) is 0 Å². The van der Waals surface area contributed by atoms with Crippen molar-refractivity contribution in [3.8, 4) is 11.3 Å². The summed E-state index contributed by atoms with van der Waals surface area (Å²) in [6, 6.07) is 9.36. The summed E-state index contributed by atoms with van der Waals surface area (Å²) in [5.74, 6) is 0.984. The highest BCUT2D eigenvalue weighted by Gasteiger charge is 2.15. The monoisotopic (exact) mass is 439 g/mol. The number of hydrogen-bond acceptors (Lipinski definition) is 7. The van der Waals surface area contributed by atoms with Crippen molar-refractivity contribution in [1.29, 1.82) is 0 Å². The second kappa shape index (κ2) is 8.35. The second-order valence-corrected chi connectivity index (χ2v) is 6.64. The minimum absolute atomic E-state index is 0.0212. The van der Waals surface area contributed by atoms with Gasteiger partial charge in [-0.25, -0.2) is 4.63 Å². The number of carbonyl (C=O) groups is 1. The van der Waals surface area contributed by atoms with Crippen LogP contribution in [0.25, 0.3) is 11.3 Å². The van der Waals surface area contributed by atoms with Crippen LogP contribution in [0.1, 0.15) is 16.2 Å². The number of nitrogen functional groups attached to an aromatic ring is 1. The van der Waals surface area contributed by atoms with Crippen LogP contribution in [0, 0.1) is 0 Å². The molecule has 26 heavy (non-hydrogen) atoms. The predicted octanol–water partition coefficient (Wildman–Crippen LogP) is 2.85. The molecule has 0 atom stereocenters. The highest BCUT2D eigenvalue weighted by Crippen LogP contribution is 2.31. The summed E-state index contributed by atoms with van der Waals surface area (Å²) >= 11 is 9.61. The van der Waals surface area contributed by atoms with Crippen LogP contribution in [0.2, 0.25) is 5.02 Å². The summed E-state index contributed by atoms with van der Waals surface area (Å²) in [7, 11) is 0. The van der Waals surface area contributed by atoms with E-state index >= 15 is 0 Å². The van der Waals surface area contributed by atoms with Gasteiger partial charge in [-0.3, -0.25) is 4.79 Å². The van der Waals surface area contributed by atoms with Crippen LogP contribution in [-0.2, 0) is 6.54 Å². The van der Waals surface area contributed by atoms with Crippen molar-refractivity contribution in [1.82, 2.24) is 20.9 Å². The zero-order chi connectivity index (χ0) is 18.5. The Hall–Kier alpha value is -2.36. The molecule has 0 aliphatic rings. The number of halogens is 2. The van der Waals surface area contributed by atoms with Gasteiger partial charge < -0.3 is 20.8 Å². The molecule has 0 unspecified atom stereocenters. The Balaban J connectivity index is 1.45.